The summed E-state index contributed by atoms with van der Waals surface area (Å²) in [6, 6.07) is 0. The van der Waals surface area contributed by atoms with Crippen molar-refractivity contribution in [3.05, 3.63) is 23.3 Å². The van der Waals surface area contributed by atoms with Crippen molar-refractivity contribution in [1.29, 1.82) is 0 Å². The second-order valence-corrected chi connectivity index (χ2v) is 3.12. The molecular weight excluding hydrogens is 136 g/mol. The molecule has 0 saturated heterocycles. The molecule has 1 heterocycles. The van der Waals surface area contributed by atoms with Gasteiger partial charge in [-0.25, -0.2) is 9.97 Å². The zero-order valence-corrected chi connectivity index (χ0v) is 7.55. The standard InChI is InChI=1S/C9H14N2/c1-6(2)9-7(3)8(4)10-5-11-9/h5-6H,1-4H3. The Morgan fingerprint density at radius 1 is 1.18 bits per heavy atom. The van der Waals surface area contributed by atoms with Gasteiger partial charge in [-0.1, -0.05) is 13.8 Å². The van der Waals surface area contributed by atoms with Crippen LogP contribution in [0, 0.1) is 13.8 Å². The zero-order valence-electron chi connectivity index (χ0n) is 7.55. The molecule has 0 spiro atoms. The fourth-order valence-electron chi connectivity index (χ4n) is 1.14. The molecule has 0 saturated carbocycles. The first-order valence-corrected chi connectivity index (χ1v) is 3.91. The van der Waals surface area contributed by atoms with E-state index in [-0.39, 0.29) is 0 Å². The van der Waals surface area contributed by atoms with Gasteiger partial charge in [-0.05, 0) is 25.3 Å². The van der Waals surface area contributed by atoms with Crippen LogP contribution >= 0.6 is 0 Å². The van der Waals surface area contributed by atoms with Gasteiger partial charge in [0, 0.05) is 11.4 Å². The van der Waals surface area contributed by atoms with Crippen LogP contribution in [0.3, 0.4) is 0 Å². The van der Waals surface area contributed by atoms with Crippen molar-refractivity contribution in [2.75, 3.05) is 0 Å². The van der Waals surface area contributed by atoms with Crippen LogP contribution in [-0.4, -0.2) is 9.97 Å². The highest BCUT2D eigenvalue weighted by atomic mass is 14.8. The fraction of sp³-hybridized carbons (Fsp3) is 0.556. The van der Waals surface area contributed by atoms with E-state index in [4.69, 9.17) is 0 Å². The Morgan fingerprint density at radius 3 is 2.27 bits per heavy atom. The maximum Gasteiger partial charge on any atom is 0.115 e. The van der Waals surface area contributed by atoms with E-state index in [0.717, 1.165) is 11.4 Å². The number of aryl methyl sites for hydroxylation is 1. The summed E-state index contributed by atoms with van der Waals surface area (Å²) in [5.74, 6) is 0.497. The van der Waals surface area contributed by atoms with Crippen molar-refractivity contribution in [2.45, 2.75) is 33.6 Å². The maximum atomic E-state index is 4.23. The molecule has 0 aliphatic heterocycles. The lowest BCUT2D eigenvalue weighted by molar-refractivity contribution is 0.794. The molecular formula is C9H14N2. The average molecular weight is 150 g/mol. The number of hydrogen-bond donors (Lipinski definition) is 0. The topological polar surface area (TPSA) is 25.8 Å². The molecule has 2 nitrogen and oxygen atoms in total. The Morgan fingerprint density at radius 2 is 1.82 bits per heavy atom. The highest BCUT2D eigenvalue weighted by molar-refractivity contribution is 5.23. The molecule has 0 aliphatic rings. The summed E-state index contributed by atoms with van der Waals surface area (Å²) in [5, 5.41) is 0. The predicted octanol–water partition coefficient (Wildman–Crippen LogP) is 2.22. The lowest BCUT2D eigenvalue weighted by Gasteiger charge is -2.08. The summed E-state index contributed by atoms with van der Waals surface area (Å²) in [4.78, 5) is 8.34. The normalized spacial score (nSPS) is 10.6. The van der Waals surface area contributed by atoms with Crippen LogP contribution in [0.1, 0.15) is 36.7 Å². The molecule has 1 aromatic rings. The van der Waals surface area contributed by atoms with Crippen LogP contribution in [0.5, 0.6) is 0 Å². The summed E-state index contributed by atoms with van der Waals surface area (Å²) in [6.07, 6.45) is 1.64. The Kier molecular flexibility index (Phi) is 2.22. The monoisotopic (exact) mass is 150 g/mol. The first-order valence-electron chi connectivity index (χ1n) is 3.91. The van der Waals surface area contributed by atoms with Gasteiger partial charge in [0.25, 0.3) is 0 Å². The van der Waals surface area contributed by atoms with Gasteiger partial charge in [0.1, 0.15) is 6.33 Å². The third-order valence-corrected chi connectivity index (χ3v) is 1.92. The lowest BCUT2D eigenvalue weighted by atomic mass is 10.0. The molecule has 0 aliphatic carbocycles. The predicted molar refractivity (Wildman–Crippen MR) is 45.6 cm³/mol. The van der Waals surface area contributed by atoms with Crippen molar-refractivity contribution in [1.82, 2.24) is 9.97 Å². The number of nitrogens with zero attached hydrogens (tertiary/aromatic N) is 2. The molecule has 0 radical (unpaired) electrons. The fourth-order valence-corrected chi connectivity index (χ4v) is 1.14. The van der Waals surface area contributed by atoms with E-state index >= 15 is 0 Å². The summed E-state index contributed by atoms with van der Waals surface area (Å²) in [6.45, 7) is 8.39. The molecule has 0 atom stereocenters. The summed E-state index contributed by atoms with van der Waals surface area (Å²) >= 11 is 0. The quantitative estimate of drug-likeness (QED) is 0.613. The molecule has 0 amide bonds. The Bertz CT molecular complexity index is 254. The SMILES string of the molecule is Cc1ncnc(C(C)C)c1C. The molecule has 1 aromatic heterocycles. The van der Waals surface area contributed by atoms with E-state index < -0.39 is 0 Å². The molecule has 11 heavy (non-hydrogen) atoms. The van der Waals surface area contributed by atoms with Gasteiger partial charge >= 0.3 is 0 Å². The first kappa shape index (κ1) is 8.18. The van der Waals surface area contributed by atoms with Crippen LogP contribution in [0.25, 0.3) is 0 Å². The van der Waals surface area contributed by atoms with Crippen LogP contribution < -0.4 is 0 Å². The maximum absolute atomic E-state index is 4.23. The molecule has 2 heteroatoms. The molecule has 1 rings (SSSR count). The van der Waals surface area contributed by atoms with Crippen molar-refractivity contribution in [3.8, 4) is 0 Å². The Labute approximate surface area is 67.7 Å². The zero-order chi connectivity index (χ0) is 8.43. The summed E-state index contributed by atoms with van der Waals surface area (Å²) < 4.78 is 0. The van der Waals surface area contributed by atoms with Crippen LogP contribution in [-0.2, 0) is 0 Å². The van der Waals surface area contributed by atoms with Gasteiger partial charge in [0.15, 0.2) is 0 Å². The summed E-state index contributed by atoms with van der Waals surface area (Å²) in [5.41, 5.74) is 3.48. The van der Waals surface area contributed by atoms with E-state index in [1.165, 1.54) is 5.56 Å². The minimum Gasteiger partial charge on any atom is -0.241 e. The first-order chi connectivity index (χ1) is 5.13. The molecule has 0 N–H and O–H groups in total. The smallest absolute Gasteiger partial charge is 0.115 e. The summed E-state index contributed by atoms with van der Waals surface area (Å²) in [7, 11) is 0. The van der Waals surface area contributed by atoms with Gasteiger partial charge in [-0.2, -0.15) is 0 Å². The van der Waals surface area contributed by atoms with Crippen LogP contribution in [0.15, 0.2) is 6.33 Å². The number of aromatic nitrogens is 2. The van der Waals surface area contributed by atoms with E-state index in [1.807, 2.05) is 6.92 Å². The third kappa shape index (κ3) is 1.56. The third-order valence-electron chi connectivity index (χ3n) is 1.92. The van der Waals surface area contributed by atoms with Gasteiger partial charge < -0.3 is 0 Å². The van der Waals surface area contributed by atoms with Crippen molar-refractivity contribution < 1.29 is 0 Å². The van der Waals surface area contributed by atoms with E-state index in [9.17, 15) is 0 Å². The van der Waals surface area contributed by atoms with Gasteiger partial charge in [0.2, 0.25) is 0 Å². The van der Waals surface area contributed by atoms with Crippen LogP contribution in [0.4, 0.5) is 0 Å². The molecule has 0 unspecified atom stereocenters. The van der Waals surface area contributed by atoms with Gasteiger partial charge in [-0.3, -0.25) is 0 Å². The molecule has 0 fully saturated rings. The van der Waals surface area contributed by atoms with E-state index in [1.54, 1.807) is 6.33 Å². The van der Waals surface area contributed by atoms with E-state index in [0.29, 0.717) is 5.92 Å². The Hall–Kier alpha value is -0.920. The average Bonchev–Trinajstić information content (AvgIpc) is 1.94. The second-order valence-electron chi connectivity index (χ2n) is 3.12. The van der Waals surface area contributed by atoms with Crippen molar-refractivity contribution >= 4 is 0 Å². The largest absolute Gasteiger partial charge is 0.241 e. The number of rotatable bonds is 1. The van der Waals surface area contributed by atoms with Crippen LogP contribution in [0.2, 0.25) is 0 Å². The Balaban J connectivity index is 3.17. The highest BCUT2D eigenvalue weighted by Gasteiger charge is 2.05. The van der Waals surface area contributed by atoms with Crippen molar-refractivity contribution in [3.63, 3.8) is 0 Å². The second kappa shape index (κ2) is 2.99. The minimum absolute atomic E-state index is 0.497. The van der Waals surface area contributed by atoms with Gasteiger partial charge in [-0.15, -0.1) is 0 Å². The minimum atomic E-state index is 0.497. The van der Waals surface area contributed by atoms with Crippen molar-refractivity contribution in [2.24, 2.45) is 0 Å². The van der Waals surface area contributed by atoms with E-state index in [2.05, 4.69) is 30.7 Å². The molecule has 0 aromatic carbocycles. The highest BCUT2D eigenvalue weighted by Crippen LogP contribution is 2.16. The van der Waals surface area contributed by atoms with Gasteiger partial charge in [0.05, 0.1) is 0 Å². The number of hydrogen-bond acceptors (Lipinski definition) is 2. The molecule has 0 bridgehead atoms. The lowest BCUT2D eigenvalue weighted by Crippen LogP contribution is -2.00. The molecule has 60 valence electrons.